The SMILES string of the molecule is C1=CCNCC1.CC.[HH]. The van der Waals surface area contributed by atoms with Gasteiger partial charge in [-0.15, -0.1) is 0 Å². The van der Waals surface area contributed by atoms with E-state index in [-0.39, 0.29) is 1.43 Å². The molecule has 0 spiro atoms. The molecule has 0 amide bonds. The predicted octanol–water partition coefficient (Wildman–Crippen LogP) is 1.81. The van der Waals surface area contributed by atoms with Gasteiger partial charge in [0, 0.05) is 7.97 Å². The number of hydrogen-bond donors (Lipinski definition) is 1. The van der Waals surface area contributed by atoms with Crippen molar-refractivity contribution in [2.75, 3.05) is 13.1 Å². The van der Waals surface area contributed by atoms with Gasteiger partial charge in [0.1, 0.15) is 0 Å². The van der Waals surface area contributed by atoms with Crippen molar-refractivity contribution < 1.29 is 1.43 Å². The number of nitrogens with one attached hydrogen (secondary N) is 1. The van der Waals surface area contributed by atoms with Crippen LogP contribution >= 0.6 is 0 Å². The molecular formula is C7H17N. The average molecular weight is 115 g/mol. The van der Waals surface area contributed by atoms with Crippen LogP contribution in [0.5, 0.6) is 0 Å². The summed E-state index contributed by atoms with van der Waals surface area (Å²) < 4.78 is 0. The minimum Gasteiger partial charge on any atom is -0.313 e. The van der Waals surface area contributed by atoms with E-state index in [0.717, 1.165) is 13.1 Å². The number of rotatable bonds is 0. The molecule has 0 aromatic heterocycles. The van der Waals surface area contributed by atoms with Gasteiger partial charge in [-0.2, -0.15) is 0 Å². The second-order valence-electron chi connectivity index (χ2n) is 1.46. The lowest BCUT2D eigenvalue weighted by Crippen LogP contribution is -2.17. The van der Waals surface area contributed by atoms with Crippen LogP contribution in [0.25, 0.3) is 0 Å². The highest BCUT2D eigenvalue weighted by Gasteiger charge is 1.84. The first-order valence-corrected chi connectivity index (χ1v) is 3.36. The van der Waals surface area contributed by atoms with Crippen LogP contribution in [0.3, 0.4) is 0 Å². The van der Waals surface area contributed by atoms with E-state index < -0.39 is 0 Å². The maximum absolute atomic E-state index is 3.20. The third-order valence-electron chi connectivity index (χ3n) is 0.917. The molecule has 1 heteroatoms. The van der Waals surface area contributed by atoms with E-state index >= 15 is 0 Å². The van der Waals surface area contributed by atoms with Crippen molar-refractivity contribution in [3.63, 3.8) is 0 Å². The standard InChI is InChI=1S/C5H9N.C2H6.H2/c1-2-4-6-5-3-1;1-2;/h1-2,6H,3-5H2;1-2H3;1H. The predicted molar refractivity (Wildman–Crippen MR) is 40.1 cm³/mol. The Morgan fingerprint density at radius 1 is 1.38 bits per heavy atom. The molecule has 0 unspecified atom stereocenters. The topological polar surface area (TPSA) is 12.0 Å². The van der Waals surface area contributed by atoms with E-state index in [9.17, 15) is 0 Å². The van der Waals surface area contributed by atoms with E-state index in [2.05, 4.69) is 17.5 Å². The molecule has 0 aromatic carbocycles. The largest absolute Gasteiger partial charge is 0.313 e. The molecule has 0 atom stereocenters. The first-order valence-electron chi connectivity index (χ1n) is 3.36. The van der Waals surface area contributed by atoms with Crippen LogP contribution in [0.1, 0.15) is 21.7 Å². The summed E-state index contributed by atoms with van der Waals surface area (Å²) in [7, 11) is 0. The summed E-state index contributed by atoms with van der Waals surface area (Å²) in [5.74, 6) is 0. The molecule has 1 nitrogen and oxygen atoms in total. The van der Waals surface area contributed by atoms with E-state index in [1.54, 1.807) is 0 Å². The van der Waals surface area contributed by atoms with Gasteiger partial charge >= 0.3 is 0 Å². The molecule has 0 bridgehead atoms. The Hall–Kier alpha value is -0.300. The Labute approximate surface area is 53.3 Å². The van der Waals surface area contributed by atoms with Crippen molar-refractivity contribution in [2.24, 2.45) is 0 Å². The minimum atomic E-state index is 0. The highest BCUT2D eigenvalue weighted by atomic mass is 14.8. The van der Waals surface area contributed by atoms with Gasteiger partial charge in [0.05, 0.1) is 0 Å². The normalized spacial score (nSPS) is 16.8. The molecule has 0 saturated heterocycles. The van der Waals surface area contributed by atoms with E-state index in [1.807, 2.05) is 13.8 Å². The minimum absolute atomic E-state index is 0. The van der Waals surface area contributed by atoms with Crippen LogP contribution in [0.15, 0.2) is 12.2 Å². The Kier molecular flexibility index (Phi) is 6.45. The molecule has 8 heavy (non-hydrogen) atoms. The van der Waals surface area contributed by atoms with Gasteiger partial charge in [-0.25, -0.2) is 0 Å². The highest BCUT2D eigenvalue weighted by Crippen LogP contribution is 1.84. The van der Waals surface area contributed by atoms with Crippen molar-refractivity contribution in [3.05, 3.63) is 12.2 Å². The Balaban J connectivity index is 0. The monoisotopic (exact) mass is 115 g/mol. The maximum atomic E-state index is 3.20. The first kappa shape index (κ1) is 7.70. The molecule has 1 rings (SSSR count). The molecule has 50 valence electrons. The van der Waals surface area contributed by atoms with Crippen LogP contribution in [0, 0.1) is 0 Å². The summed E-state index contributed by atoms with van der Waals surface area (Å²) in [6.45, 7) is 6.23. The van der Waals surface area contributed by atoms with E-state index in [1.165, 1.54) is 6.42 Å². The molecule has 1 N–H and O–H groups in total. The fourth-order valence-electron chi connectivity index (χ4n) is 0.572. The lowest BCUT2D eigenvalue weighted by atomic mass is 10.3. The smallest absolute Gasteiger partial charge is 0.0135 e. The Morgan fingerprint density at radius 3 is 2.25 bits per heavy atom. The van der Waals surface area contributed by atoms with Crippen LogP contribution in [0.2, 0.25) is 0 Å². The molecule has 1 aliphatic heterocycles. The van der Waals surface area contributed by atoms with Gasteiger partial charge in [-0.3, -0.25) is 0 Å². The molecule has 1 aliphatic rings. The van der Waals surface area contributed by atoms with Crippen molar-refractivity contribution in [3.8, 4) is 0 Å². The summed E-state index contributed by atoms with van der Waals surface area (Å²) >= 11 is 0. The van der Waals surface area contributed by atoms with Crippen molar-refractivity contribution in [1.29, 1.82) is 0 Å². The Morgan fingerprint density at radius 2 is 2.12 bits per heavy atom. The second kappa shape index (κ2) is 6.70. The zero-order valence-corrected chi connectivity index (χ0v) is 5.78. The Bertz CT molecular complexity index is 53.9. The van der Waals surface area contributed by atoms with Gasteiger partial charge in [0.25, 0.3) is 0 Å². The van der Waals surface area contributed by atoms with E-state index in [0.29, 0.717) is 0 Å². The van der Waals surface area contributed by atoms with Crippen molar-refractivity contribution in [2.45, 2.75) is 20.3 Å². The number of hydrogen-bond acceptors (Lipinski definition) is 1. The summed E-state index contributed by atoms with van der Waals surface area (Å²) in [5, 5.41) is 3.20. The molecular weight excluding hydrogens is 98.1 g/mol. The molecule has 0 aliphatic carbocycles. The fourth-order valence-corrected chi connectivity index (χ4v) is 0.572. The first-order chi connectivity index (χ1) is 4.00. The lowest BCUT2D eigenvalue weighted by Gasteiger charge is -2.01. The van der Waals surface area contributed by atoms with E-state index in [4.69, 9.17) is 0 Å². The second-order valence-corrected chi connectivity index (χ2v) is 1.46. The quantitative estimate of drug-likeness (QED) is 0.475. The highest BCUT2D eigenvalue weighted by molar-refractivity contribution is 4.88. The molecule has 0 fully saturated rings. The van der Waals surface area contributed by atoms with Crippen LogP contribution < -0.4 is 5.32 Å². The third-order valence-corrected chi connectivity index (χ3v) is 0.917. The molecule has 0 radical (unpaired) electrons. The molecule has 1 heterocycles. The summed E-state index contributed by atoms with van der Waals surface area (Å²) in [4.78, 5) is 0. The van der Waals surface area contributed by atoms with Crippen molar-refractivity contribution >= 4 is 0 Å². The average Bonchev–Trinajstić information content (AvgIpc) is 1.96. The summed E-state index contributed by atoms with van der Waals surface area (Å²) in [5.41, 5.74) is 0. The van der Waals surface area contributed by atoms with Crippen LogP contribution in [-0.2, 0) is 0 Å². The molecule has 0 saturated carbocycles. The van der Waals surface area contributed by atoms with Crippen molar-refractivity contribution in [1.82, 2.24) is 5.32 Å². The lowest BCUT2D eigenvalue weighted by molar-refractivity contribution is 0.728. The van der Waals surface area contributed by atoms with Crippen LogP contribution in [-0.4, -0.2) is 13.1 Å². The van der Waals surface area contributed by atoms with Gasteiger partial charge in [0.15, 0.2) is 0 Å². The van der Waals surface area contributed by atoms with Gasteiger partial charge in [-0.1, -0.05) is 26.0 Å². The van der Waals surface area contributed by atoms with Crippen LogP contribution in [0.4, 0.5) is 0 Å². The van der Waals surface area contributed by atoms with Gasteiger partial charge in [0.2, 0.25) is 0 Å². The van der Waals surface area contributed by atoms with Gasteiger partial charge < -0.3 is 5.32 Å². The van der Waals surface area contributed by atoms with Gasteiger partial charge in [-0.05, 0) is 13.0 Å². The zero-order valence-electron chi connectivity index (χ0n) is 5.78. The molecule has 0 aromatic rings. The zero-order chi connectivity index (χ0) is 6.24. The maximum Gasteiger partial charge on any atom is 0.0135 e. The summed E-state index contributed by atoms with van der Waals surface area (Å²) in [6.07, 6.45) is 5.57. The third kappa shape index (κ3) is 3.88. The fraction of sp³-hybridized carbons (Fsp3) is 0.714. The summed E-state index contributed by atoms with van der Waals surface area (Å²) in [6, 6.07) is 0.